The third-order valence-corrected chi connectivity index (χ3v) is 3.05. The van der Waals surface area contributed by atoms with Gasteiger partial charge in [-0.05, 0) is 30.3 Å². The molecule has 0 atom stereocenters. The lowest BCUT2D eigenvalue weighted by atomic mass is 10.2. The van der Waals surface area contributed by atoms with E-state index in [1.807, 2.05) is 0 Å². The number of nitrogens with zero attached hydrogens (tertiary/aromatic N) is 1. The number of carbonyl (C=O) groups excluding carboxylic acids is 1. The first kappa shape index (κ1) is 15.3. The zero-order chi connectivity index (χ0) is 15.4. The summed E-state index contributed by atoms with van der Waals surface area (Å²) in [4.78, 5) is 26.8. The first-order valence-electron chi connectivity index (χ1n) is 5.88. The average molecular weight is 325 g/mol. The van der Waals surface area contributed by atoms with Crippen LogP contribution >= 0.6 is 23.2 Å². The maximum atomic E-state index is 12.0. The summed E-state index contributed by atoms with van der Waals surface area (Å²) in [6.07, 6.45) is 1.38. The minimum Gasteiger partial charge on any atom is -0.478 e. The molecule has 0 aliphatic rings. The number of pyridine rings is 1. The molecule has 21 heavy (non-hydrogen) atoms. The molecule has 0 aliphatic carbocycles. The van der Waals surface area contributed by atoms with Gasteiger partial charge in [-0.1, -0.05) is 23.2 Å². The number of amides is 1. The predicted octanol–water partition coefficient (Wildman–Crippen LogP) is 3.02. The average Bonchev–Trinajstić information content (AvgIpc) is 2.44. The van der Waals surface area contributed by atoms with Gasteiger partial charge in [-0.25, -0.2) is 4.79 Å². The van der Waals surface area contributed by atoms with Crippen LogP contribution in [0.4, 0.5) is 0 Å². The molecule has 108 valence electrons. The molecule has 0 bridgehead atoms. The van der Waals surface area contributed by atoms with Gasteiger partial charge in [0, 0.05) is 21.8 Å². The first-order chi connectivity index (χ1) is 9.95. The molecule has 1 amide bonds. The molecular formula is C14H10Cl2N2O3. The van der Waals surface area contributed by atoms with Crippen molar-refractivity contribution in [1.29, 1.82) is 0 Å². The van der Waals surface area contributed by atoms with Crippen LogP contribution in [0, 0.1) is 0 Å². The smallest absolute Gasteiger partial charge is 0.335 e. The number of nitrogens with one attached hydrogen (secondary N) is 1. The Bertz CT molecular complexity index is 684. The van der Waals surface area contributed by atoms with Gasteiger partial charge in [0.2, 0.25) is 0 Å². The van der Waals surface area contributed by atoms with Crippen LogP contribution in [0.25, 0.3) is 0 Å². The van der Waals surface area contributed by atoms with Crippen LogP contribution in [-0.4, -0.2) is 22.0 Å². The van der Waals surface area contributed by atoms with E-state index < -0.39 is 5.97 Å². The lowest BCUT2D eigenvalue weighted by Crippen LogP contribution is -2.23. The molecule has 0 saturated heterocycles. The number of hydrogen-bond acceptors (Lipinski definition) is 3. The minimum atomic E-state index is -1.05. The second kappa shape index (κ2) is 6.56. The minimum absolute atomic E-state index is 0.101. The van der Waals surface area contributed by atoms with E-state index in [1.54, 1.807) is 0 Å². The number of carboxylic acids is 1. The fourth-order valence-corrected chi connectivity index (χ4v) is 2.19. The third kappa shape index (κ3) is 4.18. The predicted molar refractivity (Wildman–Crippen MR) is 78.8 cm³/mol. The van der Waals surface area contributed by atoms with Gasteiger partial charge in [0.15, 0.2) is 0 Å². The Hall–Kier alpha value is -2.11. The molecule has 1 aromatic heterocycles. The van der Waals surface area contributed by atoms with Crippen molar-refractivity contribution in [1.82, 2.24) is 10.3 Å². The second-order valence-corrected chi connectivity index (χ2v) is 5.05. The van der Waals surface area contributed by atoms with Crippen LogP contribution in [0.1, 0.15) is 26.4 Å². The van der Waals surface area contributed by atoms with E-state index in [0.29, 0.717) is 21.3 Å². The monoisotopic (exact) mass is 324 g/mol. The number of carboxylic acid groups (broad SMARTS) is 1. The highest BCUT2D eigenvalue weighted by Gasteiger charge is 2.09. The van der Waals surface area contributed by atoms with Gasteiger partial charge < -0.3 is 10.4 Å². The molecule has 2 aromatic rings. The molecule has 0 spiro atoms. The second-order valence-electron chi connectivity index (χ2n) is 4.18. The molecular weight excluding hydrogens is 315 g/mol. The highest BCUT2D eigenvalue weighted by molar-refractivity contribution is 6.35. The molecule has 0 fully saturated rings. The van der Waals surface area contributed by atoms with Crippen molar-refractivity contribution < 1.29 is 14.7 Å². The van der Waals surface area contributed by atoms with Gasteiger partial charge in [0.05, 0.1) is 17.8 Å². The van der Waals surface area contributed by atoms with E-state index in [0.717, 1.165) is 0 Å². The Balaban J connectivity index is 2.07. The SMILES string of the molecule is O=C(O)c1ccnc(CNC(=O)c2cc(Cl)cc(Cl)c2)c1. The van der Waals surface area contributed by atoms with Crippen LogP contribution in [0.2, 0.25) is 10.0 Å². The van der Waals surface area contributed by atoms with Crippen LogP contribution in [0.3, 0.4) is 0 Å². The number of rotatable bonds is 4. The molecule has 5 nitrogen and oxygen atoms in total. The van der Waals surface area contributed by atoms with Crippen molar-refractivity contribution in [3.63, 3.8) is 0 Å². The standard InChI is InChI=1S/C14H10Cl2N2O3/c15-10-3-9(4-11(16)6-10)13(19)18-7-12-5-8(14(20)21)1-2-17-12/h1-6H,7H2,(H,18,19)(H,20,21). The van der Waals surface area contributed by atoms with Crippen LogP contribution in [0.15, 0.2) is 36.5 Å². The molecule has 0 unspecified atom stereocenters. The zero-order valence-corrected chi connectivity index (χ0v) is 12.1. The summed E-state index contributed by atoms with van der Waals surface area (Å²) in [5, 5.41) is 12.2. The molecule has 0 radical (unpaired) electrons. The summed E-state index contributed by atoms with van der Waals surface area (Å²) in [5.74, 6) is -1.42. The molecule has 7 heteroatoms. The number of benzene rings is 1. The molecule has 2 N–H and O–H groups in total. The Labute approximate surface area is 130 Å². The van der Waals surface area contributed by atoms with Crippen molar-refractivity contribution in [3.05, 3.63) is 63.4 Å². The third-order valence-electron chi connectivity index (χ3n) is 2.62. The van der Waals surface area contributed by atoms with Crippen molar-refractivity contribution in [2.45, 2.75) is 6.54 Å². The van der Waals surface area contributed by atoms with E-state index in [-0.39, 0.29) is 18.0 Å². The largest absolute Gasteiger partial charge is 0.478 e. The fraction of sp³-hybridized carbons (Fsp3) is 0.0714. The van der Waals surface area contributed by atoms with Gasteiger partial charge in [0.1, 0.15) is 0 Å². The normalized spacial score (nSPS) is 10.2. The van der Waals surface area contributed by atoms with Gasteiger partial charge in [-0.2, -0.15) is 0 Å². The maximum absolute atomic E-state index is 12.0. The zero-order valence-electron chi connectivity index (χ0n) is 10.6. The molecule has 0 saturated carbocycles. The van der Waals surface area contributed by atoms with Gasteiger partial charge in [0.25, 0.3) is 5.91 Å². The van der Waals surface area contributed by atoms with Crippen LogP contribution in [0.5, 0.6) is 0 Å². The Morgan fingerprint density at radius 1 is 1.10 bits per heavy atom. The topological polar surface area (TPSA) is 79.3 Å². The van der Waals surface area contributed by atoms with Crippen molar-refractivity contribution >= 4 is 35.1 Å². The molecule has 1 aromatic carbocycles. The van der Waals surface area contributed by atoms with Crippen molar-refractivity contribution in [2.75, 3.05) is 0 Å². The lowest BCUT2D eigenvalue weighted by molar-refractivity contribution is 0.0696. The Morgan fingerprint density at radius 2 is 1.76 bits per heavy atom. The summed E-state index contributed by atoms with van der Waals surface area (Å²) < 4.78 is 0. The van der Waals surface area contributed by atoms with E-state index in [2.05, 4.69) is 10.3 Å². The lowest BCUT2D eigenvalue weighted by Gasteiger charge is -2.06. The van der Waals surface area contributed by atoms with Crippen molar-refractivity contribution in [2.24, 2.45) is 0 Å². The van der Waals surface area contributed by atoms with Crippen LogP contribution < -0.4 is 5.32 Å². The summed E-state index contributed by atoms with van der Waals surface area (Å²) in [7, 11) is 0. The summed E-state index contributed by atoms with van der Waals surface area (Å²) in [6.45, 7) is 0.101. The number of aromatic carboxylic acids is 1. The molecule has 2 rings (SSSR count). The summed E-state index contributed by atoms with van der Waals surface area (Å²) >= 11 is 11.6. The van der Waals surface area contributed by atoms with Crippen molar-refractivity contribution in [3.8, 4) is 0 Å². The van der Waals surface area contributed by atoms with Gasteiger partial charge >= 0.3 is 5.97 Å². The fourth-order valence-electron chi connectivity index (χ4n) is 1.67. The number of hydrogen-bond donors (Lipinski definition) is 2. The highest BCUT2D eigenvalue weighted by Crippen LogP contribution is 2.19. The molecule has 1 heterocycles. The van der Waals surface area contributed by atoms with E-state index in [9.17, 15) is 9.59 Å². The van der Waals surface area contributed by atoms with Gasteiger partial charge in [-0.3, -0.25) is 9.78 Å². The van der Waals surface area contributed by atoms with E-state index in [4.69, 9.17) is 28.3 Å². The summed E-state index contributed by atoms with van der Waals surface area (Å²) in [6, 6.07) is 7.28. The van der Waals surface area contributed by atoms with E-state index in [1.165, 1.54) is 36.5 Å². The van der Waals surface area contributed by atoms with E-state index >= 15 is 0 Å². The van der Waals surface area contributed by atoms with Gasteiger partial charge in [-0.15, -0.1) is 0 Å². The quantitative estimate of drug-likeness (QED) is 0.906. The maximum Gasteiger partial charge on any atom is 0.335 e. The Kier molecular flexibility index (Phi) is 4.77. The number of aromatic nitrogens is 1. The highest BCUT2D eigenvalue weighted by atomic mass is 35.5. The summed E-state index contributed by atoms with van der Waals surface area (Å²) in [5.41, 5.74) is 0.873. The molecule has 0 aliphatic heterocycles. The first-order valence-corrected chi connectivity index (χ1v) is 6.64. The Morgan fingerprint density at radius 3 is 2.38 bits per heavy atom. The number of halogens is 2. The number of carbonyl (C=O) groups is 2. The van der Waals surface area contributed by atoms with Crippen LogP contribution in [-0.2, 0) is 6.54 Å².